The van der Waals surface area contributed by atoms with Crippen molar-refractivity contribution in [1.82, 2.24) is 15.0 Å². The maximum Gasteiger partial charge on any atom is 0.123 e. The number of hydrogen-bond acceptors (Lipinski definition) is 3. The third-order valence-electron chi connectivity index (χ3n) is 3.12. The zero-order valence-electron chi connectivity index (χ0n) is 10.8. The standard InChI is InChI=1S/C15H11Br2N3O/c16-12-7-6-10(8-13(12)17)15(21)14-9-18-19-20(14)11-4-2-1-3-5-11/h1-9,15,21H. The molecule has 6 heteroatoms. The van der Waals surface area contributed by atoms with Crippen molar-refractivity contribution in [3.8, 4) is 5.69 Å². The maximum absolute atomic E-state index is 10.6. The molecule has 0 saturated heterocycles. The van der Waals surface area contributed by atoms with Crippen LogP contribution in [0.1, 0.15) is 17.4 Å². The van der Waals surface area contributed by atoms with Crippen molar-refractivity contribution in [1.29, 1.82) is 0 Å². The molecule has 0 aliphatic rings. The average Bonchev–Trinajstić information content (AvgIpc) is 2.99. The summed E-state index contributed by atoms with van der Waals surface area (Å²) in [6, 6.07) is 15.2. The van der Waals surface area contributed by atoms with Crippen LogP contribution in [0.2, 0.25) is 0 Å². The molecule has 0 aliphatic heterocycles. The van der Waals surface area contributed by atoms with Crippen LogP contribution in [0.25, 0.3) is 5.69 Å². The number of nitrogens with zero attached hydrogens (tertiary/aromatic N) is 3. The number of halogens is 2. The van der Waals surface area contributed by atoms with Gasteiger partial charge < -0.3 is 5.11 Å². The van der Waals surface area contributed by atoms with Gasteiger partial charge in [-0.3, -0.25) is 0 Å². The van der Waals surface area contributed by atoms with Crippen LogP contribution in [0.5, 0.6) is 0 Å². The van der Waals surface area contributed by atoms with Gasteiger partial charge in [0, 0.05) is 8.95 Å². The second-order valence-electron chi connectivity index (χ2n) is 4.48. The van der Waals surface area contributed by atoms with Crippen LogP contribution in [-0.2, 0) is 0 Å². The Balaban J connectivity index is 2.01. The molecule has 0 spiro atoms. The van der Waals surface area contributed by atoms with Crippen LogP contribution in [0.3, 0.4) is 0 Å². The molecule has 2 aromatic carbocycles. The summed E-state index contributed by atoms with van der Waals surface area (Å²) < 4.78 is 3.46. The molecule has 3 aromatic rings. The molecule has 1 atom stereocenters. The molecule has 0 bridgehead atoms. The summed E-state index contributed by atoms with van der Waals surface area (Å²) in [6.07, 6.45) is 0.776. The lowest BCUT2D eigenvalue weighted by Gasteiger charge is -2.13. The monoisotopic (exact) mass is 407 g/mol. The molecule has 0 amide bonds. The van der Waals surface area contributed by atoms with Crippen LogP contribution < -0.4 is 0 Å². The third kappa shape index (κ3) is 2.92. The fraction of sp³-hybridized carbons (Fsp3) is 0.0667. The molecule has 21 heavy (non-hydrogen) atoms. The Bertz CT molecular complexity index is 759. The van der Waals surface area contributed by atoms with Crippen LogP contribution in [0.4, 0.5) is 0 Å². The van der Waals surface area contributed by atoms with Gasteiger partial charge in [-0.05, 0) is 61.7 Å². The minimum absolute atomic E-state index is 0.621. The first-order valence-electron chi connectivity index (χ1n) is 6.26. The van der Waals surface area contributed by atoms with E-state index in [4.69, 9.17) is 0 Å². The van der Waals surface area contributed by atoms with E-state index in [2.05, 4.69) is 42.2 Å². The van der Waals surface area contributed by atoms with Gasteiger partial charge in [-0.2, -0.15) is 0 Å². The molecule has 1 unspecified atom stereocenters. The second kappa shape index (κ2) is 6.09. The normalized spacial score (nSPS) is 12.3. The minimum atomic E-state index is -0.801. The Morgan fingerprint density at radius 3 is 2.48 bits per heavy atom. The highest BCUT2D eigenvalue weighted by atomic mass is 79.9. The highest BCUT2D eigenvalue weighted by Gasteiger charge is 2.18. The van der Waals surface area contributed by atoms with Crippen molar-refractivity contribution in [2.24, 2.45) is 0 Å². The Labute approximate surface area is 138 Å². The second-order valence-corrected chi connectivity index (χ2v) is 6.19. The lowest BCUT2D eigenvalue weighted by atomic mass is 10.1. The van der Waals surface area contributed by atoms with Crippen molar-refractivity contribution in [3.63, 3.8) is 0 Å². The lowest BCUT2D eigenvalue weighted by molar-refractivity contribution is 0.212. The Morgan fingerprint density at radius 1 is 1.00 bits per heavy atom. The predicted molar refractivity (Wildman–Crippen MR) is 87.3 cm³/mol. The summed E-state index contributed by atoms with van der Waals surface area (Å²) in [7, 11) is 0. The quantitative estimate of drug-likeness (QED) is 0.715. The number of aliphatic hydroxyl groups excluding tert-OH is 1. The van der Waals surface area contributed by atoms with E-state index < -0.39 is 6.10 Å². The van der Waals surface area contributed by atoms with Gasteiger partial charge in [-0.1, -0.05) is 29.5 Å². The van der Waals surface area contributed by atoms with Crippen molar-refractivity contribution in [3.05, 3.63) is 74.9 Å². The molecule has 0 fully saturated rings. The van der Waals surface area contributed by atoms with Gasteiger partial charge in [0.2, 0.25) is 0 Å². The van der Waals surface area contributed by atoms with E-state index in [1.54, 1.807) is 10.9 Å². The number of rotatable bonds is 3. The number of aliphatic hydroxyl groups is 1. The highest BCUT2D eigenvalue weighted by molar-refractivity contribution is 9.13. The van der Waals surface area contributed by atoms with Crippen molar-refractivity contribution < 1.29 is 5.11 Å². The lowest BCUT2D eigenvalue weighted by Crippen LogP contribution is -2.08. The smallest absolute Gasteiger partial charge is 0.123 e. The molecule has 106 valence electrons. The SMILES string of the molecule is OC(c1ccc(Br)c(Br)c1)c1cnnn1-c1ccccc1. The molecular formula is C15H11Br2N3O. The van der Waals surface area contributed by atoms with E-state index in [9.17, 15) is 5.11 Å². The number of para-hydroxylation sites is 1. The fourth-order valence-corrected chi connectivity index (χ4v) is 2.70. The van der Waals surface area contributed by atoms with Gasteiger partial charge >= 0.3 is 0 Å². The van der Waals surface area contributed by atoms with E-state index >= 15 is 0 Å². The minimum Gasteiger partial charge on any atom is -0.382 e. The van der Waals surface area contributed by atoms with Gasteiger partial charge in [-0.25, -0.2) is 4.68 Å². The van der Waals surface area contributed by atoms with Gasteiger partial charge in [0.25, 0.3) is 0 Å². The van der Waals surface area contributed by atoms with Gasteiger partial charge in [0.15, 0.2) is 0 Å². The highest BCUT2D eigenvalue weighted by Crippen LogP contribution is 2.29. The van der Waals surface area contributed by atoms with Crippen LogP contribution >= 0.6 is 31.9 Å². The fourth-order valence-electron chi connectivity index (χ4n) is 2.05. The van der Waals surface area contributed by atoms with Crippen molar-refractivity contribution in [2.75, 3.05) is 0 Å². The molecule has 4 nitrogen and oxygen atoms in total. The molecular weight excluding hydrogens is 398 g/mol. The molecule has 0 saturated carbocycles. The summed E-state index contributed by atoms with van der Waals surface area (Å²) in [6.45, 7) is 0. The van der Waals surface area contributed by atoms with Crippen LogP contribution in [0.15, 0.2) is 63.7 Å². The predicted octanol–water partition coefficient (Wildman–Crippen LogP) is 3.87. The van der Waals surface area contributed by atoms with E-state index in [0.29, 0.717) is 5.69 Å². The largest absolute Gasteiger partial charge is 0.382 e. The third-order valence-corrected chi connectivity index (χ3v) is 5.00. The van der Waals surface area contributed by atoms with Gasteiger partial charge in [-0.15, -0.1) is 5.10 Å². The number of benzene rings is 2. The van der Waals surface area contributed by atoms with E-state index in [0.717, 1.165) is 20.2 Å². The van der Waals surface area contributed by atoms with Gasteiger partial charge in [0.05, 0.1) is 17.6 Å². The molecule has 1 aromatic heterocycles. The Kier molecular flexibility index (Phi) is 4.19. The maximum atomic E-state index is 10.6. The number of hydrogen-bond donors (Lipinski definition) is 1. The first kappa shape index (κ1) is 14.4. The zero-order chi connectivity index (χ0) is 14.8. The van der Waals surface area contributed by atoms with Crippen LogP contribution in [0, 0.1) is 0 Å². The first-order valence-corrected chi connectivity index (χ1v) is 7.84. The van der Waals surface area contributed by atoms with E-state index in [-0.39, 0.29) is 0 Å². The summed E-state index contributed by atoms with van der Waals surface area (Å²) >= 11 is 6.87. The molecule has 1 heterocycles. The molecule has 0 radical (unpaired) electrons. The first-order chi connectivity index (χ1) is 10.2. The molecule has 1 N–H and O–H groups in total. The van der Waals surface area contributed by atoms with Crippen molar-refractivity contribution in [2.45, 2.75) is 6.10 Å². The average molecular weight is 409 g/mol. The van der Waals surface area contributed by atoms with E-state index in [1.165, 1.54) is 0 Å². The number of aromatic nitrogens is 3. The van der Waals surface area contributed by atoms with E-state index in [1.807, 2.05) is 48.5 Å². The molecule has 3 rings (SSSR count). The van der Waals surface area contributed by atoms with Crippen molar-refractivity contribution >= 4 is 31.9 Å². The summed E-state index contributed by atoms with van der Waals surface area (Å²) in [5.41, 5.74) is 2.25. The summed E-state index contributed by atoms with van der Waals surface area (Å²) in [5, 5.41) is 18.6. The van der Waals surface area contributed by atoms with Gasteiger partial charge in [0.1, 0.15) is 6.10 Å². The Morgan fingerprint density at radius 2 is 1.76 bits per heavy atom. The summed E-state index contributed by atoms with van der Waals surface area (Å²) in [5.74, 6) is 0. The summed E-state index contributed by atoms with van der Waals surface area (Å²) in [4.78, 5) is 0. The zero-order valence-corrected chi connectivity index (χ0v) is 14.0. The molecule has 0 aliphatic carbocycles. The Hall–Kier alpha value is -1.50. The van der Waals surface area contributed by atoms with Crippen LogP contribution in [-0.4, -0.2) is 20.1 Å². The topological polar surface area (TPSA) is 50.9 Å².